The maximum atomic E-state index is 13.0. The molecule has 4 heterocycles. The fourth-order valence-corrected chi connectivity index (χ4v) is 5.35. The predicted molar refractivity (Wildman–Crippen MR) is 75.9 cm³/mol. The number of pyridine rings is 1. The second-order valence-corrected chi connectivity index (χ2v) is 7.48. The van der Waals surface area contributed by atoms with E-state index in [-0.39, 0.29) is 17.0 Å². The summed E-state index contributed by atoms with van der Waals surface area (Å²) in [5.74, 6) is 0. The Kier molecular flexibility index (Phi) is 2.87. The van der Waals surface area contributed by atoms with Gasteiger partial charge in [0.2, 0.25) is 10.0 Å². The Balaban J connectivity index is 1.82. The number of hydrogen-bond donors (Lipinski definition) is 1. The van der Waals surface area contributed by atoms with Gasteiger partial charge >= 0.3 is 0 Å². The number of rotatable bonds is 2. The van der Waals surface area contributed by atoms with Crippen LogP contribution >= 0.6 is 0 Å². The SMILES string of the molecule is O=S(=O)(c1cccnc1)N1C2CCCC1c1cn[nH]c1C2. The molecule has 2 unspecified atom stereocenters. The second kappa shape index (κ2) is 4.64. The molecule has 6 nitrogen and oxygen atoms in total. The smallest absolute Gasteiger partial charge is 0.245 e. The molecule has 2 bridgehead atoms. The van der Waals surface area contributed by atoms with Gasteiger partial charge in [0.25, 0.3) is 0 Å². The first-order valence-corrected chi connectivity index (χ1v) is 8.57. The molecule has 0 saturated carbocycles. The minimum atomic E-state index is -3.51. The Labute approximate surface area is 123 Å². The van der Waals surface area contributed by atoms with Crippen LogP contribution in [-0.4, -0.2) is 33.9 Å². The second-order valence-electron chi connectivity index (χ2n) is 5.63. The van der Waals surface area contributed by atoms with Crippen molar-refractivity contribution in [2.24, 2.45) is 0 Å². The minimum Gasteiger partial charge on any atom is -0.282 e. The van der Waals surface area contributed by atoms with Gasteiger partial charge in [0.15, 0.2) is 0 Å². The van der Waals surface area contributed by atoms with Gasteiger partial charge in [-0.25, -0.2) is 8.42 Å². The van der Waals surface area contributed by atoms with Crippen LogP contribution in [0.5, 0.6) is 0 Å². The molecule has 0 amide bonds. The Morgan fingerprint density at radius 3 is 3.00 bits per heavy atom. The average Bonchev–Trinajstić information content (AvgIpc) is 2.95. The molecule has 0 radical (unpaired) electrons. The van der Waals surface area contributed by atoms with E-state index in [0.29, 0.717) is 6.42 Å². The van der Waals surface area contributed by atoms with Gasteiger partial charge < -0.3 is 0 Å². The fourth-order valence-electron chi connectivity index (χ4n) is 3.53. The molecule has 2 aromatic heterocycles. The van der Waals surface area contributed by atoms with E-state index in [9.17, 15) is 8.42 Å². The van der Waals surface area contributed by atoms with E-state index in [1.165, 1.54) is 6.20 Å². The quantitative estimate of drug-likeness (QED) is 0.915. The van der Waals surface area contributed by atoms with Gasteiger partial charge in [-0.05, 0) is 31.4 Å². The largest absolute Gasteiger partial charge is 0.282 e. The molecule has 2 aliphatic heterocycles. The molecular weight excluding hydrogens is 288 g/mol. The number of hydrogen-bond acceptors (Lipinski definition) is 4. The summed E-state index contributed by atoms with van der Waals surface area (Å²) in [5, 5.41) is 7.11. The van der Waals surface area contributed by atoms with Crippen LogP contribution in [0.3, 0.4) is 0 Å². The third-order valence-corrected chi connectivity index (χ3v) is 6.39. The number of nitrogens with one attached hydrogen (secondary N) is 1. The van der Waals surface area contributed by atoms with Crippen LogP contribution in [0.1, 0.15) is 36.6 Å². The van der Waals surface area contributed by atoms with Crippen molar-refractivity contribution < 1.29 is 8.42 Å². The first kappa shape index (κ1) is 13.0. The number of aromatic nitrogens is 3. The van der Waals surface area contributed by atoms with Crippen LogP contribution in [0.15, 0.2) is 35.6 Å². The highest BCUT2D eigenvalue weighted by Crippen LogP contribution is 2.44. The summed E-state index contributed by atoms with van der Waals surface area (Å²) in [7, 11) is -3.51. The molecule has 2 atom stereocenters. The molecule has 7 heteroatoms. The predicted octanol–water partition coefficient (Wildman–Crippen LogP) is 1.65. The van der Waals surface area contributed by atoms with Crippen molar-refractivity contribution in [1.29, 1.82) is 0 Å². The molecule has 1 N–H and O–H groups in total. The van der Waals surface area contributed by atoms with Crippen molar-refractivity contribution in [1.82, 2.24) is 19.5 Å². The van der Waals surface area contributed by atoms with Crippen LogP contribution in [0, 0.1) is 0 Å². The lowest BCUT2D eigenvalue weighted by atomic mass is 9.86. The summed E-state index contributed by atoms with van der Waals surface area (Å²) < 4.78 is 27.7. The molecule has 1 saturated heterocycles. The van der Waals surface area contributed by atoms with Crippen molar-refractivity contribution in [3.8, 4) is 0 Å². The zero-order valence-electron chi connectivity index (χ0n) is 11.4. The van der Waals surface area contributed by atoms with E-state index < -0.39 is 10.0 Å². The highest BCUT2D eigenvalue weighted by molar-refractivity contribution is 7.89. The van der Waals surface area contributed by atoms with Crippen molar-refractivity contribution in [2.75, 3.05) is 0 Å². The van der Waals surface area contributed by atoms with Crippen LogP contribution in [0.4, 0.5) is 0 Å². The number of aromatic amines is 1. The van der Waals surface area contributed by atoms with Crippen molar-refractivity contribution in [3.05, 3.63) is 42.0 Å². The Hall–Kier alpha value is -1.73. The summed E-state index contributed by atoms with van der Waals surface area (Å²) in [6.07, 6.45) is 8.30. The van der Waals surface area contributed by atoms with Gasteiger partial charge in [0.05, 0.1) is 12.2 Å². The standard InChI is InChI=1S/C14H16N4O2S/c19-21(20,11-4-2-6-15-8-11)18-10-3-1-5-14(18)12-9-16-17-13(12)7-10/h2,4,6,8-10,14H,1,3,5,7H2,(H,16,17). The first-order chi connectivity index (χ1) is 10.2. The number of sulfonamides is 1. The highest BCUT2D eigenvalue weighted by atomic mass is 32.2. The minimum absolute atomic E-state index is 0.0157. The van der Waals surface area contributed by atoms with E-state index >= 15 is 0 Å². The number of fused-ring (bicyclic) bond motifs is 4. The van der Waals surface area contributed by atoms with Crippen molar-refractivity contribution in [3.63, 3.8) is 0 Å². The molecule has 0 aromatic carbocycles. The monoisotopic (exact) mass is 304 g/mol. The molecule has 1 fully saturated rings. The summed E-state index contributed by atoms with van der Waals surface area (Å²) in [6, 6.07) is 3.19. The third kappa shape index (κ3) is 1.91. The Bertz CT molecular complexity index is 756. The summed E-state index contributed by atoms with van der Waals surface area (Å²) in [4.78, 5) is 4.22. The zero-order chi connectivity index (χ0) is 14.4. The van der Waals surface area contributed by atoms with Crippen LogP contribution in [0.2, 0.25) is 0 Å². The van der Waals surface area contributed by atoms with Gasteiger partial charge in [0, 0.05) is 36.1 Å². The molecule has 2 aliphatic rings. The van der Waals surface area contributed by atoms with E-state index in [2.05, 4.69) is 15.2 Å². The Morgan fingerprint density at radius 1 is 1.29 bits per heavy atom. The van der Waals surface area contributed by atoms with Gasteiger partial charge in [-0.2, -0.15) is 9.40 Å². The topological polar surface area (TPSA) is 79.0 Å². The molecule has 0 spiro atoms. The Morgan fingerprint density at radius 2 is 2.19 bits per heavy atom. The number of nitrogens with zero attached hydrogens (tertiary/aromatic N) is 3. The van der Waals surface area contributed by atoms with Crippen LogP contribution in [-0.2, 0) is 16.4 Å². The summed E-state index contributed by atoms with van der Waals surface area (Å²) in [6.45, 7) is 0. The molecule has 0 aliphatic carbocycles. The molecule has 21 heavy (non-hydrogen) atoms. The average molecular weight is 304 g/mol. The summed E-state index contributed by atoms with van der Waals surface area (Å²) in [5.41, 5.74) is 2.11. The van der Waals surface area contributed by atoms with Gasteiger partial charge in [-0.1, -0.05) is 0 Å². The fraction of sp³-hybridized carbons (Fsp3) is 0.429. The maximum absolute atomic E-state index is 13.0. The van der Waals surface area contributed by atoms with Gasteiger partial charge in [-0.15, -0.1) is 0 Å². The van der Waals surface area contributed by atoms with Crippen molar-refractivity contribution >= 4 is 10.0 Å². The van der Waals surface area contributed by atoms with Gasteiger partial charge in [0.1, 0.15) is 4.90 Å². The number of H-pyrrole nitrogens is 1. The van der Waals surface area contributed by atoms with E-state index in [1.54, 1.807) is 28.8 Å². The summed E-state index contributed by atoms with van der Waals surface area (Å²) >= 11 is 0. The molecule has 110 valence electrons. The normalized spacial score (nSPS) is 25.5. The molecular formula is C14H16N4O2S. The maximum Gasteiger partial charge on any atom is 0.245 e. The van der Waals surface area contributed by atoms with Gasteiger partial charge in [-0.3, -0.25) is 10.1 Å². The van der Waals surface area contributed by atoms with Crippen molar-refractivity contribution in [2.45, 2.75) is 42.7 Å². The van der Waals surface area contributed by atoms with Crippen LogP contribution in [0.25, 0.3) is 0 Å². The van der Waals surface area contributed by atoms with E-state index in [1.807, 2.05) is 0 Å². The number of piperidine rings is 1. The lowest BCUT2D eigenvalue weighted by Crippen LogP contribution is -2.49. The van der Waals surface area contributed by atoms with E-state index in [0.717, 1.165) is 30.5 Å². The lowest BCUT2D eigenvalue weighted by Gasteiger charge is -2.44. The molecule has 2 aromatic rings. The third-order valence-electron chi connectivity index (χ3n) is 4.44. The molecule has 4 rings (SSSR count). The van der Waals surface area contributed by atoms with E-state index in [4.69, 9.17) is 0 Å². The lowest BCUT2D eigenvalue weighted by molar-refractivity contribution is 0.162. The first-order valence-electron chi connectivity index (χ1n) is 7.13. The van der Waals surface area contributed by atoms with Crippen LogP contribution < -0.4 is 0 Å². The highest BCUT2D eigenvalue weighted by Gasteiger charge is 2.45. The zero-order valence-corrected chi connectivity index (χ0v) is 12.3.